The third-order valence-electron chi connectivity index (χ3n) is 4.83. The van der Waals surface area contributed by atoms with Gasteiger partial charge in [0.2, 0.25) is 11.8 Å². The highest BCUT2D eigenvalue weighted by atomic mass is 16.2. The van der Waals surface area contributed by atoms with Gasteiger partial charge in [-0.15, -0.1) is 0 Å². The maximum atomic E-state index is 12.4. The molecule has 5 heteroatoms. The van der Waals surface area contributed by atoms with E-state index < -0.39 is 0 Å². The maximum Gasteiger partial charge on any atom is 0.243 e. The lowest BCUT2D eigenvalue weighted by molar-refractivity contribution is -0.132. The van der Waals surface area contributed by atoms with Crippen LogP contribution in [0.3, 0.4) is 0 Å². The molecule has 0 radical (unpaired) electrons. The van der Waals surface area contributed by atoms with E-state index in [1.165, 1.54) is 5.01 Å². The van der Waals surface area contributed by atoms with Gasteiger partial charge in [-0.3, -0.25) is 9.59 Å². The van der Waals surface area contributed by atoms with Crippen molar-refractivity contribution >= 4 is 34.0 Å². The topological polar surface area (TPSA) is 61.8 Å². The minimum absolute atomic E-state index is 0.126. The molecule has 0 bridgehead atoms. The van der Waals surface area contributed by atoms with Crippen LogP contribution in [0.5, 0.6) is 0 Å². The van der Waals surface area contributed by atoms with Crippen molar-refractivity contribution in [3.8, 4) is 0 Å². The summed E-state index contributed by atoms with van der Waals surface area (Å²) in [6.45, 7) is 0.563. The fourth-order valence-electron chi connectivity index (χ4n) is 3.37. The molecule has 1 aliphatic rings. The average molecular weight is 371 g/mol. The molecule has 0 saturated carbocycles. The van der Waals surface area contributed by atoms with Crippen LogP contribution in [0.4, 0.5) is 5.69 Å². The molecule has 0 aromatic heterocycles. The lowest BCUT2D eigenvalue weighted by Gasteiger charge is -2.12. The van der Waals surface area contributed by atoms with E-state index >= 15 is 0 Å². The van der Waals surface area contributed by atoms with Crippen LogP contribution in [0, 0.1) is 0 Å². The molecule has 4 rings (SSSR count). The number of hydrogen-bond acceptors (Lipinski definition) is 3. The Morgan fingerprint density at radius 3 is 2.50 bits per heavy atom. The zero-order chi connectivity index (χ0) is 19.3. The number of hydrazone groups is 1. The Balaban J connectivity index is 1.35. The third kappa shape index (κ3) is 3.93. The molecular formula is C23H21N3O2. The van der Waals surface area contributed by atoms with Crippen LogP contribution in [0.2, 0.25) is 0 Å². The molecule has 1 N–H and O–H groups in total. The monoisotopic (exact) mass is 371 g/mol. The van der Waals surface area contributed by atoms with Gasteiger partial charge in [-0.1, -0.05) is 66.7 Å². The summed E-state index contributed by atoms with van der Waals surface area (Å²) in [6.07, 6.45) is 1.01. The predicted molar refractivity (Wildman–Crippen MR) is 111 cm³/mol. The minimum atomic E-state index is -0.170. The highest BCUT2D eigenvalue weighted by Gasteiger charge is 2.22. The summed E-state index contributed by atoms with van der Waals surface area (Å²) in [7, 11) is 0. The van der Waals surface area contributed by atoms with Crippen LogP contribution < -0.4 is 5.32 Å². The maximum absolute atomic E-state index is 12.4. The first-order chi connectivity index (χ1) is 13.7. The van der Waals surface area contributed by atoms with E-state index in [0.29, 0.717) is 6.54 Å². The number of amides is 2. The fraction of sp³-hybridized carbons (Fsp3) is 0.174. The van der Waals surface area contributed by atoms with Gasteiger partial charge in [-0.2, -0.15) is 5.10 Å². The van der Waals surface area contributed by atoms with Crippen LogP contribution in [0.25, 0.3) is 10.8 Å². The number of carbonyl (C=O) groups excluding carboxylic acids is 2. The summed E-state index contributed by atoms with van der Waals surface area (Å²) in [5.41, 5.74) is 2.71. The Kier molecular flexibility index (Phi) is 5.15. The van der Waals surface area contributed by atoms with Gasteiger partial charge < -0.3 is 5.32 Å². The molecule has 5 nitrogen and oxygen atoms in total. The fourth-order valence-corrected chi connectivity index (χ4v) is 3.37. The molecule has 0 aliphatic carbocycles. The number of nitrogens with one attached hydrogen (secondary N) is 1. The van der Waals surface area contributed by atoms with Crippen molar-refractivity contribution in [2.75, 3.05) is 11.9 Å². The molecule has 0 spiro atoms. The highest BCUT2D eigenvalue weighted by molar-refractivity contribution is 6.04. The second kappa shape index (κ2) is 8.05. The van der Waals surface area contributed by atoms with Gasteiger partial charge in [-0.25, -0.2) is 5.01 Å². The van der Waals surface area contributed by atoms with Gasteiger partial charge in [0, 0.05) is 30.3 Å². The van der Waals surface area contributed by atoms with Gasteiger partial charge in [0.05, 0.1) is 12.3 Å². The van der Waals surface area contributed by atoms with Gasteiger partial charge in [0.15, 0.2) is 0 Å². The zero-order valence-corrected chi connectivity index (χ0v) is 15.5. The van der Waals surface area contributed by atoms with Gasteiger partial charge in [0.25, 0.3) is 0 Å². The summed E-state index contributed by atoms with van der Waals surface area (Å²) in [5, 5.41) is 10.9. The Bertz CT molecular complexity index is 1040. The molecule has 28 heavy (non-hydrogen) atoms. The van der Waals surface area contributed by atoms with Crippen molar-refractivity contribution in [2.45, 2.75) is 19.3 Å². The largest absolute Gasteiger partial charge is 0.326 e. The molecule has 140 valence electrons. The van der Waals surface area contributed by atoms with Crippen molar-refractivity contribution in [1.82, 2.24) is 5.01 Å². The molecule has 3 aromatic carbocycles. The van der Waals surface area contributed by atoms with Crippen LogP contribution >= 0.6 is 0 Å². The number of nitrogens with zero attached hydrogens (tertiary/aromatic N) is 2. The first kappa shape index (κ1) is 17.9. The van der Waals surface area contributed by atoms with Crippen molar-refractivity contribution in [2.24, 2.45) is 5.10 Å². The second-order valence-electron chi connectivity index (χ2n) is 6.75. The number of hydrogen-bond donors (Lipinski definition) is 1. The van der Waals surface area contributed by atoms with Crippen molar-refractivity contribution < 1.29 is 9.59 Å². The molecule has 2 amide bonds. The number of anilines is 1. The number of fused-ring (bicyclic) bond motifs is 1. The van der Waals surface area contributed by atoms with Crippen LogP contribution in [-0.4, -0.2) is 29.1 Å². The second-order valence-corrected chi connectivity index (χ2v) is 6.75. The first-order valence-corrected chi connectivity index (χ1v) is 9.41. The van der Waals surface area contributed by atoms with Crippen molar-refractivity contribution in [3.63, 3.8) is 0 Å². The molecule has 1 aliphatic heterocycles. The van der Waals surface area contributed by atoms with Gasteiger partial charge in [0.1, 0.15) is 0 Å². The lowest BCUT2D eigenvalue weighted by atomic mass is 10.1. The number of benzene rings is 3. The van der Waals surface area contributed by atoms with Gasteiger partial charge in [-0.05, 0) is 17.0 Å². The molecule has 3 aromatic rings. The summed E-state index contributed by atoms with van der Waals surface area (Å²) in [5.74, 6) is -0.296. The van der Waals surface area contributed by atoms with E-state index in [0.717, 1.165) is 34.2 Å². The van der Waals surface area contributed by atoms with E-state index in [2.05, 4.69) is 10.4 Å². The van der Waals surface area contributed by atoms with Crippen LogP contribution in [0.15, 0.2) is 77.9 Å². The zero-order valence-electron chi connectivity index (χ0n) is 15.5. The molecule has 1 heterocycles. The summed E-state index contributed by atoms with van der Waals surface area (Å²) in [6, 6.07) is 23.5. The van der Waals surface area contributed by atoms with E-state index in [-0.39, 0.29) is 24.7 Å². The number of carbonyl (C=O) groups is 2. The van der Waals surface area contributed by atoms with Crippen molar-refractivity contribution in [3.05, 3.63) is 78.4 Å². The Morgan fingerprint density at radius 2 is 1.64 bits per heavy atom. The van der Waals surface area contributed by atoms with E-state index in [9.17, 15) is 9.59 Å². The average Bonchev–Trinajstić information content (AvgIpc) is 3.23. The van der Waals surface area contributed by atoms with E-state index in [1.807, 2.05) is 72.8 Å². The quantitative estimate of drug-likeness (QED) is 0.731. The van der Waals surface area contributed by atoms with Crippen LogP contribution in [-0.2, 0) is 9.59 Å². The van der Waals surface area contributed by atoms with Crippen molar-refractivity contribution in [1.29, 1.82) is 0 Å². The smallest absolute Gasteiger partial charge is 0.243 e. The first-order valence-electron chi connectivity index (χ1n) is 9.41. The third-order valence-corrected chi connectivity index (χ3v) is 4.83. The molecular weight excluding hydrogens is 350 g/mol. The van der Waals surface area contributed by atoms with E-state index in [1.54, 1.807) is 0 Å². The summed E-state index contributed by atoms with van der Waals surface area (Å²) in [4.78, 5) is 24.8. The Morgan fingerprint density at radius 1 is 0.893 bits per heavy atom. The Labute approximate surface area is 163 Å². The molecule has 0 fully saturated rings. The summed E-state index contributed by atoms with van der Waals surface area (Å²) < 4.78 is 0. The van der Waals surface area contributed by atoms with Crippen LogP contribution in [0.1, 0.15) is 24.8 Å². The Hall–Kier alpha value is -3.47. The van der Waals surface area contributed by atoms with E-state index in [4.69, 9.17) is 0 Å². The lowest BCUT2D eigenvalue weighted by Crippen LogP contribution is -2.25. The standard InChI is InChI=1S/C23H21N3O2/c27-22(24-21-12-6-10-17-7-4-5-11-19(17)21)13-14-23(28)26-16-15-20(25-26)18-8-2-1-3-9-18/h1-12H,13-16H2,(H,24,27). The minimum Gasteiger partial charge on any atom is -0.326 e. The normalized spacial score (nSPS) is 13.4. The molecule has 0 atom stereocenters. The van der Waals surface area contributed by atoms with Gasteiger partial charge >= 0.3 is 0 Å². The molecule has 0 unspecified atom stereocenters. The summed E-state index contributed by atoms with van der Waals surface area (Å²) >= 11 is 0. The highest BCUT2D eigenvalue weighted by Crippen LogP contribution is 2.23. The SMILES string of the molecule is O=C(CCC(=O)N1CCC(c2ccccc2)=N1)Nc1cccc2ccccc12. The number of rotatable bonds is 5. The molecule has 0 saturated heterocycles. The predicted octanol–water partition coefficient (Wildman–Crippen LogP) is 4.20.